The molecule has 0 amide bonds. The van der Waals surface area contributed by atoms with Crippen LogP contribution in [0.4, 0.5) is 0 Å². The summed E-state index contributed by atoms with van der Waals surface area (Å²) in [5.74, 6) is 1.74. The topological polar surface area (TPSA) is 21.3 Å². The predicted octanol–water partition coefficient (Wildman–Crippen LogP) is 4.56. The Labute approximate surface area is 118 Å². The second kappa shape index (κ2) is 8.98. The monoisotopic (exact) mass is 263 g/mol. The van der Waals surface area contributed by atoms with Gasteiger partial charge < -0.3 is 10.1 Å². The molecule has 0 spiro atoms. The van der Waals surface area contributed by atoms with E-state index < -0.39 is 0 Å². The molecule has 0 bridgehead atoms. The van der Waals surface area contributed by atoms with Gasteiger partial charge in [0.2, 0.25) is 0 Å². The van der Waals surface area contributed by atoms with Gasteiger partial charge >= 0.3 is 0 Å². The van der Waals surface area contributed by atoms with Crippen molar-refractivity contribution < 1.29 is 4.74 Å². The van der Waals surface area contributed by atoms with Crippen molar-refractivity contribution in [2.24, 2.45) is 5.92 Å². The molecule has 2 unspecified atom stereocenters. The maximum absolute atomic E-state index is 5.72. The maximum Gasteiger partial charge on any atom is 0.119 e. The molecule has 0 heterocycles. The molecule has 1 aromatic carbocycles. The average molecular weight is 263 g/mol. The first-order valence-electron chi connectivity index (χ1n) is 7.61. The molecule has 1 aromatic rings. The van der Waals surface area contributed by atoms with E-state index in [9.17, 15) is 0 Å². The van der Waals surface area contributed by atoms with Crippen LogP contribution in [0.25, 0.3) is 0 Å². The second-order valence-corrected chi connectivity index (χ2v) is 5.39. The molecule has 2 nitrogen and oxygen atoms in total. The molecule has 19 heavy (non-hydrogen) atoms. The van der Waals surface area contributed by atoms with Gasteiger partial charge in [0.1, 0.15) is 5.75 Å². The summed E-state index contributed by atoms with van der Waals surface area (Å²) in [6, 6.07) is 8.93. The highest BCUT2D eigenvalue weighted by atomic mass is 16.5. The van der Waals surface area contributed by atoms with E-state index in [1.807, 2.05) is 13.1 Å². The molecule has 1 N–H and O–H groups in total. The third-order valence-corrected chi connectivity index (χ3v) is 3.50. The van der Waals surface area contributed by atoms with Gasteiger partial charge in [0.25, 0.3) is 0 Å². The molecule has 0 fully saturated rings. The zero-order valence-electron chi connectivity index (χ0n) is 12.9. The minimum absolute atomic E-state index is 0.423. The molecule has 0 aliphatic rings. The number of rotatable bonds is 9. The van der Waals surface area contributed by atoms with Crippen LogP contribution in [0.2, 0.25) is 0 Å². The lowest BCUT2D eigenvalue weighted by Crippen LogP contribution is -2.19. The van der Waals surface area contributed by atoms with Gasteiger partial charge in [-0.25, -0.2) is 0 Å². The summed E-state index contributed by atoms with van der Waals surface area (Å²) < 4.78 is 5.72. The summed E-state index contributed by atoms with van der Waals surface area (Å²) in [4.78, 5) is 0. The van der Waals surface area contributed by atoms with Crippen molar-refractivity contribution in [2.45, 2.75) is 52.5 Å². The molecule has 0 aliphatic carbocycles. The Hall–Kier alpha value is -1.02. The summed E-state index contributed by atoms with van der Waals surface area (Å²) in [6.45, 7) is 7.52. The largest absolute Gasteiger partial charge is 0.494 e. The lowest BCUT2D eigenvalue weighted by atomic mass is 9.93. The zero-order chi connectivity index (χ0) is 14.1. The smallest absolute Gasteiger partial charge is 0.119 e. The predicted molar refractivity (Wildman–Crippen MR) is 82.7 cm³/mol. The van der Waals surface area contributed by atoms with Crippen LogP contribution in [-0.4, -0.2) is 13.7 Å². The first kappa shape index (κ1) is 16.0. The van der Waals surface area contributed by atoms with Crippen LogP contribution >= 0.6 is 0 Å². The van der Waals surface area contributed by atoms with Gasteiger partial charge in [0.15, 0.2) is 0 Å². The van der Waals surface area contributed by atoms with Gasteiger partial charge in [0.05, 0.1) is 6.61 Å². The molecule has 1 rings (SSSR count). The lowest BCUT2D eigenvalue weighted by molar-refractivity contribution is 0.316. The van der Waals surface area contributed by atoms with E-state index in [1.165, 1.54) is 24.8 Å². The maximum atomic E-state index is 5.72. The normalized spacial score (nSPS) is 14.1. The van der Waals surface area contributed by atoms with E-state index in [0.29, 0.717) is 6.04 Å². The van der Waals surface area contributed by atoms with Gasteiger partial charge in [-0.1, -0.05) is 45.7 Å². The van der Waals surface area contributed by atoms with Crippen LogP contribution in [0, 0.1) is 5.92 Å². The lowest BCUT2D eigenvalue weighted by Gasteiger charge is -2.21. The van der Waals surface area contributed by atoms with Crippen LogP contribution < -0.4 is 10.1 Å². The van der Waals surface area contributed by atoms with E-state index in [2.05, 4.69) is 44.3 Å². The Morgan fingerprint density at radius 2 is 2.00 bits per heavy atom. The summed E-state index contributed by atoms with van der Waals surface area (Å²) >= 11 is 0. The number of hydrogen-bond acceptors (Lipinski definition) is 2. The summed E-state index contributed by atoms with van der Waals surface area (Å²) in [6.07, 6.45) is 4.79. The van der Waals surface area contributed by atoms with Crippen LogP contribution in [0.15, 0.2) is 24.3 Å². The zero-order valence-corrected chi connectivity index (χ0v) is 12.9. The molecular formula is C17H29NO. The molecule has 0 radical (unpaired) electrons. The molecule has 0 aliphatic heterocycles. The third kappa shape index (κ3) is 5.65. The van der Waals surface area contributed by atoms with Gasteiger partial charge in [-0.2, -0.15) is 0 Å². The molecule has 0 saturated carbocycles. The Morgan fingerprint density at radius 3 is 2.63 bits per heavy atom. The first-order chi connectivity index (χ1) is 9.21. The number of hydrogen-bond donors (Lipinski definition) is 1. The van der Waals surface area contributed by atoms with Crippen LogP contribution in [0.1, 0.15) is 58.1 Å². The van der Waals surface area contributed by atoms with Crippen molar-refractivity contribution in [1.82, 2.24) is 5.32 Å². The van der Waals surface area contributed by atoms with Crippen molar-refractivity contribution in [3.05, 3.63) is 29.8 Å². The minimum Gasteiger partial charge on any atom is -0.494 e. The fraction of sp³-hybridized carbons (Fsp3) is 0.647. The number of ether oxygens (including phenoxy) is 1. The van der Waals surface area contributed by atoms with E-state index >= 15 is 0 Å². The van der Waals surface area contributed by atoms with Crippen LogP contribution in [-0.2, 0) is 0 Å². The second-order valence-electron chi connectivity index (χ2n) is 5.39. The van der Waals surface area contributed by atoms with Crippen molar-refractivity contribution >= 4 is 0 Å². The molecular weight excluding hydrogens is 234 g/mol. The van der Waals surface area contributed by atoms with Crippen LogP contribution in [0.5, 0.6) is 5.75 Å². The van der Waals surface area contributed by atoms with Crippen molar-refractivity contribution in [1.29, 1.82) is 0 Å². The van der Waals surface area contributed by atoms with Crippen LogP contribution in [0.3, 0.4) is 0 Å². The van der Waals surface area contributed by atoms with Crippen molar-refractivity contribution in [3.8, 4) is 5.75 Å². The SMILES string of the molecule is CCCOc1cccc(C(CC(C)CCC)NC)c1. The standard InChI is InChI=1S/C17H29NO/c1-5-8-14(3)12-17(18-4)15-9-7-10-16(13-15)19-11-6-2/h7,9-10,13-14,17-18H,5-6,8,11-12H2,1-4H3. The highest BCUT2D eigenvalue weighted by Crippen LogP contribution is 2.26. The Balaban J connectivity index is 2.68. The molecule has 2 atom stereocenters. The highest BCUT2D eigenvalue weighted by molar-refractivity contribution is 5.30. The van der Waals surface area contributed by atoms with Crippen molar-refractivity contribution in [2.75, 3.05) is 13.7 Å². The minimum atomic E-state index is 0.423. The molecule has 2 heteroatoms. The molecule has 0 saturated heterocycles. The summed E-state index contributed by atoms with van der Waals surface area (Å²) in [5, 5.41) is 3.44. The summed E-state index contributed by atoms with van der Waals surface area (Å²) in [7, 11) is 2.04. The fourth-order valence-corrected chi connectivity index (χ4v) is 2.47. The Kier molecular flexibility index (Phi) is 7.57. The van der Waals surface area contributed by atoms with Gasteiger partial charge in [-0.15, -0.1) is 0 Å². The first-order valence-corrected chi connectivity index (χ1v) is 7.61. The van der Waals surface area contributed by atoms with E-state index in [1.54, 1.807) is 0 Å². The van der Waals surface area contributed by atoms with Gasteiger partial charge in [0, 0.05) is 6.04 Å². The highest BCUT2D eigenvalue weighted by Gasteiger charge is 2.13. The number of nitrogens with one attached hydrogen (secondary N) is 1. The third-order valence-electron chi connectivity index (χ3n) is 3.50. The molecule has 0 aromatic heterocycles. The quantitative estimate of drug-likeness (QED) is 0.705. The fourth-order valence-electron chi connectivity index (χ4n) is 2.47. The van der Waals surface area contributed by atoms with Gasteiger partial charge in [-0.05, 0) is 43.5 Å². The average Bonchev–Trinajstić information content (AvgIpc) is 2.43. The van der Waals surface area contributed by atoms with E-state index in [4.69, 9.17) is 4.74 Å². The van der Waals surface area contributed by atoms with Gasteiger partial charge in [-0.3, -0.25) is 0 Å². The Morgan fingerprint density at radius 1 is 1.21 bits per heavy atom. The van der Waals surface area contributed by atoms with E-state index in [-0.39, 0.29) is 0 Å². The van der Waals surface area contributed by atoms with Crippen molar-refractivity contribution in [3.63, 3.8) is 0 Å². The Bertz CT molecular complexity index is 351. The summed E-state index contributed by atoms with van der Waals surface area (Å²) in [5.41, 5.74) is 1.33. The molecule has 108 valence electrons. The van der Waals surface area contributed by atoms with E-state index in [0.717, 1.165) is 24.7 Å². The number of benzene rings is 1.